The number of esters is 3. The molecule has 0 atom stereocenters. The second-order valence-electron chi connectivity index (χ2n) is 14.4. The first-order valence-electron chi connectivity index (χ1n) is 15.8. The molecule has 1 fully saturated rings. The molecule has 1 aliphatic rings. The van der Waals surface area contributed by atoms with Crippen LogP contribution in [0.2, 0.25) is 0 Å². The molecule has 0 aromatic carbocycles. The summed E-state index contributed by atoms with van der Waals surface area (Å²) in [6.45, 7) is 21.9. The number of nitrogens with zero attached hydrogens (tertiary/aromatic N) is 4. The maximum absolute atomic E-state index is 12.8. The Labute approximate surface area is 265 Å². The highest BCUT2D eigenvalue weighted by Crippen LogP contribution is 2.11. The molecule has 0 saturated carbocycles. The Morgan fingerprint density at radius 1 is 0.545 bits per heavy atom. The second kappa shape index (κ2) is 18.6. The van der Waals surface area contributed by atoms with Crippen molar-refractivity contribution in [3.63, 3.8) is 0 Å². The minimum atomic E-state index is -0.616. The van der Waals surface area contributed by atoms with Crippen LogP contribution in [0.3, 0.4) is 0 Å². The Kier molecular flexibility index (Phi) is 16.8. The summed E-state index contributed by atoms with van der Waals surface area (Å²) in [5.41, 5.74) is 3.73. The third kappa shape index (κ3) is 20.6. The molecule has 44 heavy (non-hydrogen) atoms. The summed E-state index contributed by atoms with van der Waals surface area (Å²) >= 11 is 0. The molecule has 1 amide bonds. The van der Waals surface area contributed by atoms with Gasteiger partial charge in [-0.05, 0) is 75.3 Å². The van der Waals surface area contributed by atoms with Crippen LogP contribution in [0.5, 0.6) is 0 Å². The normalized spacial score (nSPS) is 17.7. The van der Waals surface area contributed by atoms with E-state index in [1.165, 1.54) is 0 Å². The van der Waals surface area contributed by atoms with Gasteiger partial charge in [-0.3, -0.25) is 38.8 Å². The van der Waals surface area contributed by atoms with Crippen LogP contribution in [0.25, 0.3) is 0 Å². The Balaban J connectivity index is 3.19. The summed E-state index contributed by atoms with van der Waals surface area (Å²) in [4.78, 5) is 59.1. The van der Waals surface area contributed by atoms with Crippen LogP contribution in [0, 0.1) is 0 Å². The third-order valence-electron chi connectivity index (χ3n) is 6.32. The van der Waals surface area contributed by atoms with E-state index in [-0.39, 0.29) is 50.0 Å². The molecule has 0 unspecified atom stereocenters. The minimum absolute atomic E-state index is 0.0763. The van der Waals surface area contributed by atoms with Crippen LogP contribution in [0.4, 0.5) is 0 Å². The SMILES string of the molecule is CC(C)(C)OC(=O)CN1CCN(CC(=O)NCCCN)CCN(CC(=O)OC(C)(C)C)CCN(CC(=O)OC(C)(C)C)CC1. The van der Waals surface area contributed by atoms with Gasteiger partial charge in [0.1, 0.15) is 16.8 Å². The molecule has 3 N–H and O–H groups in total. The van der Waals surface area contributed by atoms with Gasteiger partial charge in [-0.1, -0.05) is 0 Å². The number of carbonyl (C=O) groups excluding carboxylic acids is 4. The highest BCUT2D eigenvalue weighted by molar-refractivity contribution is 5.78. The molecule has 13 nitrogen and oxygen atoms in total. The van der Waals surface area contributed by atoms with Gasteiger partial charge >= 0.3 is 17.9 Å². The van der Waals surface area contributed by atoms with Crippen molar-refractivity contribution in [2.45, 2.75) is 85.5 Å². The molecule has 13 heteroatoms. The molecular weight excluding hydrogens is 568 g/mol. The summed E-state index contributed by atoms with van der Waals surface area (Å²) in [7, 11) is 0. The van der Waals surface area contributed by atoms with Gasteiger partial charge in [0, 0.05) is 58.9 Å². The summed E-state index contributed by atoms with van der Waals surface area (Å²) in [5, 5.41) is 2.91. The Hall–Kier alpha value is -2.32. The fraction of sp³-hybridized carbons (Fsp3) is 0.871. The predicted octanol–water partition coefficient (Wildman–Crippen LogP) is 0.698. The van der Waals surface area contributed by atoms with Gasteiger partial charge in [-0.15, -0.1) is 0 Å². The highest BCUT2D eigenvalue weighted by atomic mass is 16.6. The first-order valence-corrected chi connectivity index (χ1v) is 15.8. The van der Waals surface area contributed by atoms with Gasteiger partial charge in [-0.25, -0.2) is 0 Å². The van der Waals surface area contributed by atoms with E-state index in [4.69, 9.17) is 19.9 Å². The highest BCUT2D eigenvalue weighted by Gasteiger charge is 2.26. The standard InChI is InChI=1S/C31H60N6O7/c1-29(2,3)42-26(39)22-35-15-13-34(21-25(38)33-12-10-11-32)14-16-36(23-27(40)43-30(4,5)6)18-20-37(19-17-35)24-28(41)44-31(7,8)9/h10-24,32H2,1-9H3,(H,33,38). The quantitative estimate of drug-likeness (QED) is 0.189. The van der Waals surface area contributed by atoms with E-state index in [9.17, 15) is 19.2 Å². The van der Waals surface area contributed by atoms with Crippen molar-refractivity contribution in [1.82, 2.24) is 24.9 Å². The molecule has 0 aliphatic carbocycles. The summed E-state index contributed by atoms with van der Waals surface area (Å²) in [5.74, 6) is -1.11. The fourth-order valence-electron chi connectivity index (χ4n) is 4.47. The van der Waals surface area contributed by atoms with Crippen molar-refractivity contribution < 1.29 is 33.4 Å². The monoisotopic (exact) mass is 628 g/mol. The third-order valence-corrected chi connectivity index (χ3v) is 6.32. The lowest BCUT2D eigenvalue weighted by molar-refractivity contribution is -0.158. The Morgan fingerprint density at radius 2 is 0.818 bits per heavy atom. The average Bonchev–Trinajstić information content (AvgIpc) is 2.82. The summed E-state index contributed by atoms with van der Waals surface area (Å²) < 4.78 is 16.8. The predicted molar refractivity (Wildman–Crippen MR) is 170 cm³/mol. The van der Waals surface area contributed by atoms with E-state index < -0.39 is 16.8 Å². The smallest absolute Gasteiger partial charge is 0.320 e. The van der Waals surface area contributed by atoms with Gasteiger partial charge in [0.05, 0.1) is 26.2 Å². The lowest BCUT2D eigenvalue weighted by Gasteiger charge is -2.34. The molecule has 0 spiro atoms. The van der Waals surface area contributed by atoms with Crippen molar-refractivity contribution in [2.75, 3.05) is 91.6 Å². The fourth-order valence-corrected chi connectivity index (χ4v) is 4.47. The number of hydrogen-bond donors (Lipinski definition) is 2. The molecule has 0 radical (unpaired) electrons. The summed E-state index contributed by atoms with van der Waals surface area (Å²) in [6, 6.07) is 0. The van der Waals surface area contributed by atoms with Crippen LogP contribution >= 0.6 is 0 Å². The van der Waals surface area contributed by atoms with Crippen molar-refractivity contribution in [1.29, 1.82) is 0 Å². The van der Waals surface area contributed by atoms with Gasteiger partial charge in [0.25, 0.3) is 0 Å². The van der Waals surface area contributed by atoms with Crippen molar-refractivity contribution >= 4 is 23.8 Å². The number of ether oxygens (including phenoxy) is 3. The van der Waals surface area contributed by atoms with Crippen LogP contribution in [-0.4, -0.2) is 152 Å². The van der Waals surface area contributed by atoms with E-state index in [2.05, 4.69) is 5.32 Å². The molecule has 1 heterocycles. The van der Waals surface area contributed by atoms with Gasteiger partial charge in [0.15, 0.2) is 0 Å². The molecule has 1 aliphatic heterocycles. The zero-order chi connectivity index (χ0) is 33.6. The first-order chi connectivity index (χ1) is 20.2. The minimum Gasteiger partial charge on any atom is -0.459 e. The zero-order valence-corrected chi connectivity index (χ0v) is 28.8. The van der Waals surface area contributed by atoms with Crippen LogP contribution in [0.15, 0.2) is 0 Å². The molecular formula is C31H60N6O7. The number of nitrogens with two attached hydrogens (primary N) is 1. The van der Waals surface area contributed by atoms with Crippen molar-refractivity contribution in [2.24, 2.45) is 5.73 Å². The molecule has 0 aromatic rings. The number of carbonyl (C=O) groups is 4. The average molecular weight is 629 g/mol. The molecule has 0 bridgehead atoms. The number of hydrogen-bond acceptors (Lipinski definition) is 12. The van der Waals surface area contributed by atoms with E-state index in [1.54, 1.807) is 0 Å². The first kappa shape index (κ1) is 39.7. The van der Waals surface area contributed by atoms with Crippen LogP contribution < -0.4 is 11.1 Å². The molecule has 256 valence electrons. The van der Waals surface area contributed by atoms with Gasteiger partial charge in [-0.2, -0.15) is 0 Å². The lowest BCUT2D eigenvalue weighted by atomic mass is 10.2. The molecule has 0 aromatic heterocycles. The van der Waals surface area contributed by atoms with Crippen LogP contribution in [0.1, 0.15) is 68.7 Å². The Morgan fingerprint density at radius 3 is 1.07 bits per heavy atom. The molecule has 1 rings (SSSR count). The van der Waals surface area contributed by atoms with E-state index in [0.717, 1.165) is 0 Å². The lowest BCUT2D eigenvalue weighted by Crippen LogP contribution is -2.50. The van der Waals surface area contributed by atoms with E-state index in [0.29, 0.717) is 71.9 Å². The second-order valence-corrected chi connectivity index (χ2v) is 14.4. The number of nitrogens with one attached hydrogen (secondary N) is 1. The van der Waals surface area contributed by atoms with Crippen molar-refractivity contribution in [3.8, 4) is 0 Å². The van der Waals surface area contributed by atoms with E-state index in [1.807, 2.05) is 81.9 Å². The Bertz CT molecular complexity index is 865. The maximum Gasteiger partial charge on any atom is 0.320 e. The van der Waals surface area contributed by atoms with E-state index >= 15 is 0 Å². The van der Waals surface area contributed by atoms with Gasteiger partial charge < -0.3 is 25.3 Å². The topological polar surface area (TPSA) is 147 Å². The number of rotatable bonds is 11. The van der Waals surface area contributed by atoms with Crippen LogP contribution in [-0.2, 0) is 33.4 Å². The maximum atomic E-state index is 12.8. The summed E-state index contributed by atoms with van der Waals surface area (Å²) in [6.07, 6.45) is 0.693. The number of amides is 1. The largest absolute Gasteiger partial charge is 0.459 e. The molecule has 1 saturated heterocycles. The zero-order valence-electron chi connectivity index (χ0n) is 28.8. The van der Waals surface area contributed by atoms with Crippen molar-refractivity contribution in [3.05, 3.63) is 0 Å². The van der Waals surface area contributed by atoms with Gasteiger partial charge in [0.2, 0.25) is 5.91 Å².